The molecule has 0 atom stereocenters. The Labute approximate surface area is 139 Å². The monoisotopic (exact) mass is 374 g/mol. The van der Waals surface area contributed by atoms with E-state index in [1.54, 1.807) is 12.1 Å². The van der Waals surface area contributed by atoms with Gasteiger partial charge in [0, 0.05) is 27.6 Å². The van der Waals surface area contributed by atoms with Gasteiger partial charge in [-0.25, -0.2) is 4.79 Å². The molecule has 23 heavy (non-hydrogen) atoms. The topological polar surface area (TPSA) is 57.9 Å². The van der Waals surface area contributed by atoms with E-state index in [2.05, 4.69) is 15.9 Å². The Morgan fingerprint density at radius 2 is 1.83 bits per heavy atom. The minimum absolute atomic E-state index is 0.232. The summed E-state index contributed by atoms with van der Waals surface area (Å²) in [5, 5.41) is 0.848. The van der Waals surface area contributed by atoms with Crippen molar-refractivity contribution >= 4 is 26.9 Å². The van der Waals surface area contributed by atoms with Gasteiger partial charge in [0.25, 0.3) is 0 Å². The van der Waals surface area contributed by atoms with E-state index in [1.165, 1.54) is 6.07 Å². The number of rotatable bonds is 3. The molecular formula is C17H11BrO5. The van der Waals surface area contributed by atoms with E-state index in [1.807, 2.05) is 24.3 Å². The van der Waals surface area contributed by atoms with Gasteiger partial charge in [0.1, 0.15) is 17.9 Å². The van der Waals surface area contributed by atoms with Crippen molar-refractivity contribution in [3.63, 3.8) is 0 Å². The lowest BCUT2D eigenvalue weighted by Gasteiger charge is -2.09. The van der Waals surface area contributed by atoms with Crippen LogP contribution in [0.15, 0.2) is 56.1 Å². The number of ether oxygens (including phenoxy) is 3. The number of hydrogen-bond donors (Lipinski definition) is 0. The minimum Gasteiger partial charge on any atom is -0.489 e. The third kappa shape index (κ3) is 2.77. The Balaban J connectivity index is 1.58. The molecule has 1 aliphatic rings. The zero-order valence-electron chi connectivity index (χ0n) is 11.9. The van der Waals surface area contributed by atoms with E-state index < -0.39 is 0 Å². The Morgan fingerprint density at radius 1 is 1.04 bits per heavy atom. The van der Waals surface area contributed by atoms with Gasteiger partial charge in [-0.3, -0.25) is 0 Å². The zero-order chi connectivity index (χ0) is 15.8. The van der Waals surface area contributed by atoms with Crippen molar-refractivity contribution in [2.45, 2.75) is 6.61 Å². The maximum absolute atomic E-state index is 11.3. The van der Waals surface area contributed by atoms with Gasteiger partial charge in [0.15, 0.2) is 11.5 Å². The van der Waals surface area contributed by atoms with Crippen LogP contribution in [-0.2, 0) is 6.61 Å². The number of benzene rings is 2. The Morgan fingerprint density at radius 3 is 2.70 bits per heavy atom. The van der Waals surface area contributed by atoms with Gasteiger partial charge in [-0.15, -0.1) is 0 Å². The first-order valence-corrected chi connectivity index (χ1v) is 7.73. The molecule has 1 aliphatic heterocycles. The summed E-state index contributed by atoms with van der Waals surface area (Å²) in [6, 6.07) is 12.3. The van der Waals surface area contributed by atoms with Crippen molar-refractivity contribution in [3.05, 3.63) is 62.9 Å². The van der Waals surface area contributed by atoms with Gasteiger partial charge in [0.2, 0.25) is 6.79 Å². The molecule has 0 radical (unpaired) electrons. The van der Waals surface area contributed by atoms with Crippen molar-refractivity contribution < 1.29 is 18.6 Å². The quantitative estimate of drug-likeness (QED) is 0.651. The van der Waals surface area contributed by atoms with Crippen LogP contribution in [-0.4, -0.2) is 6.79 Å². The lowest BCUT2D eigenvalue weighted by Crippen LogP contribution is -1.98. The molecule has 0 unspecified atom stereocenters. The maximum atomic E-state index is 11.3. The van der Waals surface area contributed by atoms with Crippen molar-refractivity contribution in [2.24, 2.45) is 0 Å². The van der Waals surface area contributed by atoms with Gasteiger partial charge in [-0.05, 0) is 30.3 Å². The molecule has 0 aliphatic carbocycles. The highest BCUT2D eigenvalue weighted by atomic mass is 79.9. The average Bonchev–Trinajstić information content (AvgIpc) is 2.99. The first-order valence-electron chi connectivity index (χ1n) is 6.94. The lowest BCUT2D eigenvalue weighted by molar-refractivity contribution is 0.174. The normalized spacial score (nSPS) is 12.6. The highest BCUT2D eigenvalue weighted by Crippen LogP contribution is 2.37. The van der Waals surface area contributed by atoms with Crippen molar-refractivity contribution in [3.8, 4) is 17.2 Å². The molecule has 3 aromatic rings. The smallest absolute Gasteiger partial charge is 0.336 e. The van der Waals surface area contributed by atoms with Gasteiger partial charge >= 0.3 is 5.63 Å². The van der Waals surface area contributed by atoms with Crippen LogP contribution in [0.5, 0.6) is 17.2 Å². The van der Waals surface area contributed by atoms with Crippen LogP contribution in [0.25, 0.3) is 11.0 Å². The largest absolute Gasteiger partial charge is 0.489 e. The van der Waals surface area contributed by atoms with Gasteiger partial charge < -0.3 is 18.6 Å². The number of hydrogen-bond acceptors (Lipinski definition) is 5. The summed E-state index contributed by atoms with van der Waals surface area (Å²) in [5.74, 6) is 2.04. The van der Waals surface area contributed by atoms with Gasteiger partial charge in [-0.1, -0.05) is 15.9 Å². The van der Waals surface area contributed by atoms with Crippen LogP contribution >= 0.6 is 15.9 Å². The van der Waals surface area contributed by atoms with Crippen LogP contribution in [0.2, 0.25) is 0 Å². The maximum Gasteiger partial charge on any atom is 0.336 e. The molecular weight excluding hydrogens is 364 g/mol. The highest BCUT2D eigenvalue weighted by molar-refractivity contribution is 9.10. The second-order valence-electron chi connectivity index (χ2n) is 5.04. The molecule has 4 rings (SSSR count). The van der Waals surface area contributed by atoms with E-state index in [0.29, 0.717) is 29.4 Å². The second kappa shape index (κ2) is 5.62. The Bertz CT molecular complexity index is 947. The first-order chi connectivity index (χ1) is 11.2. The van der Waals surface area contributed by atoms with E-state index in [4.69, 9.17) is 18.6 Å². The van der Waals surface area contributed by atoms with Crippen molar-refractivity contribution in [1.29, 1.82) is 0 Å². The van der Waals surface area contributed by atoms with Crippen LogP contribution in [0.3, 0.4) is 0 Å². The molecule has 0 amide bonds. The summed E-state index contributed by atoms with van der Waals surface area (Å²) in [6.07, 6.45) is 0. The fourth-order valence-electron chi connectivity index (χ4n) is 2.36. The first kappa shape index (κ1) is 14.1. The summed E-state index contributed by atoms with van der Waals surface area (Å²) in [7, 11) is 0. The summed E-state index contributed by atoms with van der Waals surface area (Å²) in [6.45, 7) is 0.579. The molecule has 2 heterocycles. The minimum atomic E-state index is -0.381. The lowest BCUT2D eigenvalue weighted by atomic mass is 10.2. The number of halogens is 1. The average molecular weight is 375 g/mol. The fourth-order valence-corrected chi connectivity index (χ4v) is 2.80. The van der Waals surface area contributed by atoms with E-state index in [0.717, 1.165) is 15.4 Å². The summed E-state index contributed by atoms with van der Waals surface area (Å²) < 4.78 is 22.5. The molecule has 0 saturated heterocycles. The summed E-state index contributed by atoms with van der Waals surface area (Å²) in [4.78, 5) is 11.3. The predicted octanol–water partition coefficient (Wildman–Crippen LogP) is 3.86. The fraction of sp³-hybridized carbons (Fsp3) is 0.118. The Kier molecular flexibility index (Phi) is 3.46. The second-order valence-corrected chi connectivity index (χ2v) is 5.89. The van der Waals surface area contributed by atoms with Gasteiger partial charge in [0.05, 0.1) is 0 Å². The van der Waals surface area contributed by atoms with Crippen molar-refractivity contribution in [1.82, 2.24) is 0 Å². The molecule has 6 heteroatoms. The van der Waals surface area contributed by atoms with Crippen LogP contribution < -0.4 is 19.8 Å². The SMILES string of the molecule is O=c1ccc2ccc(OCc3cc4c(cc3Br)OCO4)cc2o1. The molecule has 5 nitrogen and oxygen atoms in total. The van der Waals surface area contributed by atoms with E-state index >= 15 is 0 Å². The molecule has 0 N–H and O–H groups in total. The third-order valence-corrected chi connectivity index (χ3v) is 4.27. The van der Waals surface area contributed by atoms with Crippen LogP contribution in [0, 0.1) is 0 Å². The standard InChI is InChI=1S/C17H11BrO5/c18-13-7-16-15(21-9-22-16)5-11(13)8-20-12-3-1-10-2-4-17(19)23-14(10)6-12/h1-7H,8-9H2. The molecule has 0 bridgehead atoms. The summed E-state index contributed by atoms with van der Waals surface area (Å²) >= 11 is 3.50. The van der Waals surface area contributed by atoms with E-state index in [9.17, 15) is 4.79 Å². The van der Waals surface area contributed by atoms with E-state index in [-0.39, 0.29) is 12.4 Å². The van der Waals surface area contributed by atoms with Gasteiger partial charge in [-0.2, -0.15) is 0 Å². The van der Waals surface area contributed by atoms with Crippen molar-refractivity contribution in [2.75, 3.05) is 6.79 Å². The van der Waals surface area contributed by atoms with Crippen LogP contribution in [0.1, 0.15) is 5.56 Å². The number of fused-ring (bicyclic) bond motifs is 2. The zero-order valence-corrected chi connectivity index (χ0v) is 13.5. The molecule has 0 saturated carbocycles. The predicted molar refractivity (Wildman–Crippen MR) is 87.1 cm³/mol. The molecule has 116 valence electrons. The van der Waals surface area contributed by atoms with Crippen LogP contribution in [0.4, 0.5) is 0 Å². The molecule has 0 spiro atoms. The summed E-state index contributed by atoms with van der Waals surface area (Å²) in [5.41, 5.74) is 1.05. The highest BCUT2D eigenvalue weighted by Gasteiger charge is 2.16. The molecule has 1 aromatic heterocycles. The molecule has 0 fully saturated rings. The third-order valence-electron chi connectivity index (χ3n) is 3.53. The Hall–Kier alpha value is -2.47. The molecule has 2 aromatic carbocycles.